The molecule has 0 aromatic heterocycles. The van der Waals surface area contributed by atoms with Crippen LogP contribution >= 0.6 is 0 Å². The van der Waals surface area contributed by atoms with E-state index in [0.29, 0.717) is 12.8 Å². The highest BCUT2D eigenvalue weighted by Crippen LogP contribution is 2.33. The molecule has 610 valence electrons. The first kappa shape index (κ1) is 96.0. The third-order valence-electron chi connectivity index (χ3n) is 21.3. The van der Waals surface area contributed by atoms with Crippen LogP contribution in [0.2, 0.25) is 0 Å². The molecule has 12 N–H and O–H groups in total. The second-order valence-electron chi connectivity index (χ2n) is 30.6. The highest BCUT2D eigenvalue weighted by molar-refractivity contribution is 5.76. The average Bonchev–Trinajstić information content (AvgIpc) is 0.783. The number of hydrogen-bond donors (Lipinski definition) is 12. The van der Waals surface area contributed by atoms with Crippen LogP contribution in [0.5, 0.6) is 0 Å². The van der Waals surface area contributed by atoms with Gasteiger partial charge in [0.2, 0.25) is 5.91 Å². The molecule has 3 rings (SSSR count). The van der Waals surface area contributed by atoms with Crippen LogP contribution in [-0.2, 0) is 33.2 Å². The van der Waals surface area contributed by atoms with Crippen LogP contribution in [0.3, 0.4) is 0 Å². The van der Waals surface area contributed by atoms with Gasteiger partial charge in [-0.05, 0) is 64.2 Å². The molecule has 0 saturated carbocycles. The summed E-state index contributed by atoms with van der Waals surface area (Å²) in [5.74, 6) is -0.279. The SMILES string of the molecule is CCCCCCC/C=C\C/C=C\CCCCCCCCCCCCCCCCCCCCCC(=O)NC(COC1OC(CO)C(OC2OC(CO)C(OC3OC(CO)C(O)C(O)C3O)C(O)C2O)C(O)C1O)C(O)/C=C/CC/C=C/CCCCCCCCCCCCCCCCCCCCCCCC. The number of carbonyl (C=O) groups is 1. The Morgan fingerprint density at radius 2 is 0.644 bits per heavy atom. The summed E-state index contributed by atoms with van der Waals surface area (Å²) in [4.78, 5) is 13.5. The summed E-state index contributed by atoms with van der Waals surface area (Å²) in [6.45, 7) is 1.76. The second kappa shape index (κ2) is 65.5. The zero-order chi connectivity index (χ0) is 75.3. The Morgan fingerprint density at radius 3 is 1.02 bits per heavy atom. The lowest BCUT2D eigenvalue weighted by atomic mass is 9.96. The normalized spacial score (nSPS) is 26.1. The van der Waals surface area contributed by atoms with Crippen LogP contribution in [0.25, 0.3) is 0 Å². The summed E-state index contributed by atoms with van der Waals surface area (Å²) in [6, 6.07) is -0.992. The molecule has 17 atom stereocenters. The summed E-state index contributed by atoms with van der Waals surface area (Å²) in [6.07, 6.45) is 56.8. The maximum Gasteiger partial charge on any atom is 0.220 e. The van der Waals surface area contributed by atoms with Crippen molar-refractivity contribution in [2.24, 2.45) is 0 Å². The standard InChI is InChI=1S/C85H157NO18/c1-3-5-7-9-11-13-15-17-19-21-23-25-27-29-31-33-34-35-37-39-41-43-45-47-49-51-53-55-57-59-61-63-73(91)86-68(69(90)62-60-58-56-54-52-50-48-46-44-42-40-38-36-32-30-28-26-24-22-20-18-16-14-12-10-8-6-4-2)67-99-83-79(97)76(94)81(71(65-88)101-83)104-85-80(98)77(95)82(72(66-89)102-85)103-84-78(96)75(93)74(92)70(64-87)100-84/h15,17,21,23,52,54,60,62,68-72,74-85,87-90,92-98H,3-14,16,18-20,22,24-51,53,55-59,61,63-67H2,1-2H3,(H,86,91)/b17-15-,23-21-,54-52+,62-60+. The van der Waals surface area contributed by atoms with E-state index in [-0.39, 0.29) is 18.9 Å². The van der Waals surface area contributed by atoms with E-state index >= 15 is 0 Å². The lowest BCUT2D eigenvalue weighted by Crippen LogP contribution is -2.66. The summed E-state index contributed by atoms with van der Waals surface area (Å²) < 4.78 is 34.5. The van der Waals surface area contributed by atoms with Gasteiger partial charge in [-0.3, -0.25) is 4.79 Å². The van der Waals surface area contributed by atoms with Gasteiger partial charge in [0.25, 0.3) is 0 Å². The molecule has 3 heterocycles. The molecule has 3 aliphatic heterocycles. The maximum atomic E-state index is 13.5. The van der Waals surface area contributed by atoms with E-state index in [9.17, 15) is 61.0 Å². The van der Waals surface area contributed by atoms with Crippen LogP contribution in [0.1, 0.15) is 354 Å². The molecule has 3 saturated heterocycles. The highest BCUT2D eigenvalue weighted by Gasteiger charge is 2.54. The first-order valence-corrected chi connectivity index (χ1v) is 42.9. The zero-order valence-corrected chi connectivity index (χ0v) is 65.5. The van der Waals surface area contributed by atoms with Gasteiger partial charge in [0, 0.05) is 6.42 Å². The van der Waals surface area contributed by atoms with Crippen LogP contribution in [-0.4, -0.2) is 193 Å². The number of nitrogens with one attached hydrogen (secondary N) is 1. The van der Waals surface area contributed by atoms with Crippen molar-refractivity contribution in [3.63, 3.8) is 0 Å². The fraction of sp³-hybridized carbons (Fsp3) is 0.894. The van der Waals surface area contributed by atoms with Crippen LogP contribution in [0, 0.1) is 0 Å². The van der Waals surface area contributed by atoms with Gasteiger partial charge < -0.3 is 89.9 Å². The minimum absolute atomic E-state index is 0.238. The van der Waals surface area contributed by atoms with Crippen molar-refractivity contribution in [3.05, 3.63) is 48.6 Å². The predicted octanol–water partition coefficient (Wildman–Crippen LogP) is 15.2. The molecule has 3 aliphatic rings. The van der Waals surface area contributed by atoms with Crippen molar-refractivity contribution in [1.82, 2.24) is 5.32 Å². The number of hydrogen-bond acceptors (Lipinski definition) is 18. The van der Waals surface area contributed by atoms with Gasteiger partial charge in [-0.15, -0.1) is 0 Å². The molecular formula is C85H157NO18. The molecule has 17 unspecified atom stereocenters. The molecule has 0 spiro atoms. The van der Waals surface area contributed by atoms with Gasteiger partial charge in [-0.2, -0.15) is 0 Å². The monoisotopic (exact) mass is 1480 g/mol. The zero-order valence-electron chi connectivity index (χ0n) is 65.5. The summed E-state index contributed by atoms with van der Waals surface area (Å²) in [7, 11) is 0. The van der Waals surface area contributed by atoms with Crippen molar-refractivity contribution in [3.8, 4) is 0 Å². The number of aliphatic hydroxyl groups is 11. The first-order chi connectivity index (χ1) is 50.8. The van der Waals surface area contributed by atoms with Crippen molar-refractivity contribution >= 4 is 5.91 Å². The molecule has 0 radical (unpaired) electrons. The Bertz CT molecular complexity index is 2060. The number of ether oxygens (including phenoxy) is 6. The number of amides is 1. The summed E-state index contributed by atoms with van der Waals surface area (Å²) in [5.41, 5.74) is 0. The van der Waals surface area contributed by atoms with Gasteiger partial charge in [0.05, 0.1) is 38.6 Å². The van der Waals surface area contributed by atoms with Crippen LogP contribution < -0.4 is 5.32 Å². The fourth-order valence-corrected chi connectivity index (χ4v) is 14.5. The molecule has 104 heavy (non-hydrogen) atoms. The van der Waals surface area contributed by atoms with Gasteiger partial charge in [0.15, 0.2) is 18.9 Å². The van der Waals surface area contributed by atoms with Crippen molar-refractivity contribution in [1.29, 1.82) is 0 Å². The number of allylic oxidation sites excluding steroid dienone is 7. The Kier molecular flexibility index (Phi) is 60.4. The van der Waals surface area contributed by atoms with Crippen molar-refractivity contribution in [2.75, 3.05) is 26.4 Å². The number of unbranched alkanes of at least 4 members (excludes halogenated alkanes) is 47. The van der Waals surface area contributed by atoms with Gasteiger partial charge in [0.1, 0.15) is 73.2 Å². The third-order valence-corrected chi connectivity index (χ3v) is 21.3. The molecule has 0 bridgehead atoms. The molecule has 0 aromatic carbocycles. The number of aliphatic hydroxyl groups excluding tert-OH is 11. The topological polar surface area (TPSA) is 307 Å². The van der Waals surface area contributed by atoms with E-state index in [2.05, 4.69) is 55.6 Å². The molecule has 19 nitrogen and oxygen atoms in total. The van der Waals surface area contributed by atoms with E-state index in [1.165, 1.54) is 276 Å². The van der Waals surface area contributed by atoms with Gasteiger partial charge in [-0.1, -0.05) is 332 Å². The highest BCUT2D eigenvalue weighted by atomic mass is 16.8. The van der Waals surface area contributed by atoms with Crippen LogP contribution in [0.15, 0.2) is 48.6 Å². The minimum Gasteiger partial charge on any atom is -0.394 e. The quantitative estimate of drug-likeness (QED) is 0.0199. The Morgan fingerprint density at radius 1 is 0.346 bits per heavy atom. The third kappa shape index (κ3) is 44.6. The Labute approximate surface area is 631 Å². The Hall–Kier alpha value is -2.25. The largest absolute Gasteiger partial charge is 0.394 e. The molecule has 1 amide bonds. The molecule has 0 aliphatic carbocycles. The van der Waals surface area contributed by atoms with E-state index in [1.54, 1.807) is 6.08 Å². The van der Waals surface area contributed by atoms with E-state index in [0.717, 1.165) is 44.9 Å². The van der Waals surface area contributed by atoms with Crippen LogP contribution in [0.4, 0.5) is 0 Å². The van der Waals surface area contributed by atoms with Crippen molar-refractivity contribution < 1.29 is 89.4 Å². The average molecular weight is 1480 g/mol. The van der Waals surface area contributed by atoms with E-state index in [1.807, 2.05) is 6.08 Å². The first-order valence-electron chi connectivity index (χ1n) is 42.9. The maximum absolute atomic E-state index is 13.5. The van der Waals surface area contributed by atoms with E-state index < -0.39 is 124 Å². The summed E-state index contributed by atoms with van der Waals surface area (Å²) in [5, 5.41) is 121. The smallest absolute Gasteiger partial charge is 0.220 e. The van der Waals surface area contributed by atoms with Gasteiger partial charge in [-0.25, -0.2) is 0 Å². The lowest BCUT2D eigenvalue weighted by molar-refractivity contribution is -0.379. The van der Waals surface area contributed by atoms with Gasteiger partial charge >= 0.3 is 0 Å². The van der Waals surface area contributed by atoms with E-state index in [4.69, 9.17) is 28.4 Å². The number of carbonyl (C=O) groups excluding carboxylic acids is 1. The summed E-state index contributed by atoms with van der Waals surface area (Å²) >= 11 is 0. The number of rotatable bonds is 69. The molecule has 3 fully saturated rings. The predicted molar refractivity (Wildman–Crippen MR) is 416 cm³/mol. The molecular weight excluding hydrogens is 1320 g/mol. The molecule has 19 heteroatoms. The minimum atomic E-state index is -1.98. The second-order valence-corrected chi connectivity index (χ2v) is 30.6. The Balaban J connectivity index is 1.36. The molecule has 0 aromatic rings. The lowest BCUT2D eigenvalue weighted by Gasteiger charge is -2.48. The van der Waals surface area contributed by atoms with Crippen molar-refractivity contribution in [2.45, 2.75) is 458 Å². The fourth-order valence-electron chi connectivity index (χ4n) is 14.5.